The smallest absolute Gasteiger partial charge is 0.399 e. The van der Waals surface area contributed by atoms with E-state index >= 15 is 0 Å². The molecule has 0 bridgehead atoms. The topological polar surface area (TPSA) is 36.3 Å². The molecule has 1 aliphatic rings. The number of benzene rings is 4. The summed E-state index contributed by atoms with van der Waals surface area (Å²) in [6, 6.07) is 30.6. The van der Waals surface area contributed by atoms with Gasteiger partial charge in [0.25, 0.3) is 0 Å². The summed E-state index contributed by atoms with van der Waals surface area (Å²) >= 11 is 0. The van der Waals surface area contributed by atoms with Gasteiger partial charge in [-0.15, -0.1) is 0 Å². The summed E-state index contributed by atoms with van der Waals surface area (Å²) in [5, 5.41) is 4.66. The SMILES string of the molecule is Cc1cc(C)cc(-n2c3ccccc3c3ccc(-c4ncc(B5OC(C)(C)C(C)(C)O5)c5ccccc45)cc32)c1. The van der Waals surface area contributed by atoms with Gasteiger partial charge in [-0.2, -0.15) is 0 Å². The van der Waals surface area contributed by atoms with E-state index in [0.29, 0.717) is 0 Å². The highest BCUT2D eigenvalue weighted by Crippen LogP contribution is 2.39. The van der Waals surface area contributed by atoms with Crippen molar-refractivity contribution in [1.82, 2.24) is 9.55 Å². The summed E-state index contributed by atoms with van der Waals surface area (Å²) in [6.07, 6.45) is 1.93. The van der Waals surface area contributed by atoms with Crippen molar-refractivity contribution in [1.29, 1.82) is 0 Å². The highest BCUT2D eigenvalue weighted by atomic mass is 16.7. The lowest BCUT2D eigenvalue weighted by Crippen LogP contribution is -2.41. The van der Waals surface area contributed by atoms with Crippen LogP contribution < -0.4 is 5.46 Å². The molecule has 4 nitrogen and oxygen atoms in total. The fourth-order valence-electron chi connectivity index (χ4n) is 6.08. The lowest BCUT2D eigenvalue weighted by Gasteiger charge is -2.32. The zero-order valence-corrected chi connectivity index (χ0v) is 23.9. The highest BCUT2D eigenvalue weighted by molar-refractivity contribution is 6.65. The van der Waals surface area contributed by atoms with Crippen LogP contribution in [0, 0.1) is 13.8 Å². The van der Waals surface area contributed by atoms with Gasteiger partial charge in [-0.05, 0) is 82.3 Å². The molecule has 2 aromatic heterocycles. The number of pyridine rings is 1. The van der Waals surface area contributed by atoms with Crippen LogP contribution in [-0.4, -0.2) is 27.9 Å². The van der Waals surface area contributed by atoms with Crippen molar-refractivity contribution < 1.29 is 9.31 Å². The second-order valence-corrected chi connectivity index (χ2v) is 12.1. The van der Waals surface area contributed by atoms with Crippen LogP contribution in [0.2, 0.25) is 0 Å². The van der Waals surface area contributed by atoms with Crippen molar-refractivity contribution in [2.24, 2.45) is 0 Å². The monoisotopic (exact) mass is 524 g/mol. The van der Waals surface area contributed by atoms with Crippen LogP contribution in [0.25, 0.3) is 49.5 Å². The molecule has 0 atom stereocenters. The van der Waals surface area contributed by atoms with Crippen molar-refractivity contribution in [2.75, 3.05) is 0 Å². The molecule has 0 amide bonds. The standard InChI is InChI=1S/C35H33BN2O2/c1-22-17-23(2)19-25(18-22)38-31-14-10-9-12-27(31)28-16-15-24(20-32(28)38)33-29-13-8-7-11-26(29)30(21-37-33)36-39-34(3,4)35(5,6)40-36/h7-21H,1-6H3. The van der Waals surface area contributed by atoms with Crippen molar-refractivity contribution in [3.05, 3.63) is 102 Å². The summed E-state index contributed by atoms with van der Waals surface area (Å²) in [7, 11) is -0.467. The Morgan fingerprint density at radius 1 is 0.650 bits per heavy atom. The number of hydrogen-bond donors (Lipinski definition) is 0. The Morgan fingerprint density at radius 3 is 1.95 bits per heavy atom. The molecule has 5 heteroatoms. The number of fused-ring (bicyclic) bond motifs is 4. The molecular formula is C35H33BN2O2. The van der Waals surface area contributed by atoms with E-state index in [2.05, 4.69) is 131 Å². The second-order valence-electron chi connectivity index (χ2n) is 12.1. The molecule has 0 unspecified atom stereocenters. The van der Waals surface area contributed by atoms with Crippen LogP contribution in [0.3, 0.4) is 0 Å². The lowest BCUT2D eigenvalue weighted by molar-refractivity contribution is 0.00578. The molecule has 0 spiro atoms. The van der Waals surface area contributed by atoms with Gasteiger partial charge in [0.1, 0.15) is 0 Å². The molecule has 198 valence electrons. The fourth-order valence-corrected chi connectivity index (χ4v) is 6.08. The molecule has 0 N–H and O–H groups in total. The van der Waals surface area contributed by atoms with Crippen molar-refractivity contribution in [3.8, 4) is 16.9 Å². The number of aryl methyl sites for hydroxylation is 2. The van der Waals surface area contributed by atoms with E-state index in [1.165, 1.54) is 38.6 Å². The van der Waals surface area contributed by atoms with Gasteiger partial charge in [0.2, 0.25) is 0 Å². The summed E-state index contributed by atoms with van der Waals surface area (Å²) in [5.74, 6) is 0. The average molecular weight is 524 g/mol. The van der Waals surface area contributed by atoms with E-state index in [0.717, 1.165) is 27.5 Å². The van der Waals surface area contributed by atoms with Gasteiger partial charge in [0, 0.05) is 39.1 Å². The first-order valence-corrected chi connectivity index (χ1v) is 14.0. The summed E-state index contributed by atoms with van der Waals surface area (Å²) < 4.78 is 15.2. The first-order valence-electron chi connectivity index (χ1n) is 14.0. The van der Waals surface area contributed by atoms with Crippen LogP contribution >= 0.6 is 0 Å². The molecule has 40 heavy (non-hydrogen) atoms. The first-order chi connectivity index (χ1) is 19.1. The van der Waals surface area contributed by atoms with E-state index in [4.69, 9.17) is 14.3 Å². The maximum atomic E-state index is 6.41. The molecule has 1 fully saturated rings. The van der Waals surface area contributed by atoms with E-state index < -0.39 is 18.3 Å². The summed E-state index contributed by atoms with van der Waals surface area (Å²) in [4.78, 5) is 5.04. The minimum absolute atomic E-state index is 0.413. The van der Waals surface area contributed by atoms with Crippen molar-refractivity contribution in [2.45, 2.75) is 52.7 Å². The van der Waals surface area contributed by atoms with Gasteiger partial charge in [0.15, 0.2) is 0 Å². The molecule has 4 aromatic carbocycles. The van der Waals surface area contributed by atoms with E-state index in [9.17, 15) is 0 Å². The van der Waals surface area contributed by atoms with E-state index in [-0.39, 0.29) is 0 Å². The molecule has 0 saturated carbocycles. The number of aromatic nitrogens is 2. The van der Waals surface area contributed by atoms with Crippen LogP contribution in [0.4, 0.5) is 0 Å². The van der Waals surface area contributed by atoms with Gasteiger partial charge in [-0.25, -0.2) is 0 Å². The third-order valence-electron chi connectivity index (χ3n) is 8.74. The number of para-hydroxylation sites is 1. The van der Waals surface area contributed by atoms with Crippen LogP contribution in [0.15, 0.2) is 91.1 Å². The largest absolute Gasteiger partial charge is 0.497 e. The van der Waals surface area contributed by atoms with Gasteiger partial charge in [-0.3, -0.25) is 4.98 Å². The first kappa shape index (κ1) is 25.1. The van der Waals surface area contributed by atoms with Crippen molar-refractivity contribution in [3.63, 3.8) is 0 Å². The zero-order valence-electron chi connectivity index (χ0n) is 23.9. The Bertz CT molecular complexity index is 1920. The Labute approximate surface area is 235 Å². The average Bonchev–Trinajstić information content (AvgIpc) is 3.36. The molecule has 1 aliphatic heterocycles. The normalized spacial score (nSPS) is 16.4. The molecule has 6 aromatic rings. The van der Waals surface area contributed by atoms with Crippen LogP contribution in [0.1, 0.15) is 38.8 Å². The van der Waals surface area contributed by atoms with Crippen molar-refractivity contribution >= 4 is 45.2 Å². The Kier molecular flexibility index (Phi) is 5.51. The lowest BCUT2D eigenvalue weighted by atomic mass is 9.77. The predicted molar refractivity (Wildman–Crippen MR) is 167 cm³/mol. The Hall–Kier alpha value is -3.93. The fraction of sp³-hybridized carbons (Fsp3) is 0.229. The number of hydrogen-bond acceptors (Lipinski definition) is 3. The van der Waals surface area contributed by atoms with Crippen LogP contribution in [-0.2, 0) is 9.31 Å². The zero-order chi connectivity index (χ0) is 27.8. The third-order valence-corrected chi connectivity index (χ3v) is 8.74. The molecule has 0 aliphatic carbocycles. The minimum Gasteiger partial charge on any atom is -0.399 e. The maximum absolute atomic E-state index is 6.41. The van der Waals surface area contributed by atoms with E-state index in [1.807, 2.05) is 6.20 Å². The molecule has 3 heterocycles. The molecular weight excluding hydrogens is 491 g/mol. The Morgan fingerprint density at radius 2 is 1.25 bits per heavy atom. The van der Waals surface area contributed by atoms with Gasteiger partial charge < -0.3 is 13.9 Å². The van der Waals surface area contributed by atoms with Crippen LogP contribution in [0.5, 0.6) is 0 Å². The minimum atomic E-state index is -0.467. The molecule has 1 saturated heterocycles. The molecule has 7 rings (SSSR count). The Balaban J connectivity index is 1.44. The predicted octanol–water partition coefficient (Wildman–Crippen LogP) is 7.91. The second kappa shape index (κ2) is 8.79. The highest BCUT2D eigenvalue weighted by Gasteiger charge is 2.52. The quantitative estimate of drug-likeness (QED) is 0.221. The summed E-state index contributed by atoms with van der Waals surface area (Å²) in [6.45, 7) is 12.7. The number of nitrogens with zero attached hydrogens (tertiary/aromatic N) is 2. The molecule has 0 radical (unpaired) electrons. The number of rotatable bonds is 3. The maximum Gasteiger partial charge on any atom is 0.497 e. The van der Waals surface area contributed by atoms with E-state index in [1.54, 1.807) is 0 Å². The van der Waals surface area contributed by atoms with Gasteiger partial charge in [0.05, 0.1) is 27.9 Å². The summed E-state index contributed by atoms with van der Waals surface area (Å²) in [5.41, 5.74) is 8.23. The third kappa shape index (κ3) is 3.80. The van der Waals surface area contributed by atoms with Gasteiger partial charge >= 0.3 is 7.12 Å². The van der Waals surface area contributed by atoms with Gasteiger partial charge in [-0.1, -0.05) is 60.7 Å².